The van der Waals surface area contributed by atoms with Crippen molar-refractivity contribution in [1.82, 2.24) is 9.55 Å². The zero-order valence-electron chi connectivity index (χ0n) is 10.3. The van der Waals surface area contributed by atoms with Gasteiger partial charge in [-0.15, -0.1) is 0 Å². The van der Waals surface area contributed by atoms with Gasteiger partial charge < -0.3 is 15.8 Å². The summed E-state index contributed by atoms with van der Waals surface area (Å²) in [5.41, 5.74) is 8.72. The number of hydrogen-bond donors (Lipinski definition) is 3. The first-order chi connectivity index (χ1) is 9.06. The molecule has 5 nitrogen and oxygen atoms in total. The molecule has 0 fully saturated rings. The number of aromatic nitrogens is 2. The molecule has 0 spiro atoms. The van der Waals surface area contributed by atoms with E-state index >= 15 is 0 Å². The molecule has 0 unspecified atom stereocenters. The standard InChI is InChI=1S/C14H13N3O2/c1-8-2-5-13(18)12(6-8)17-11-4-3-9(15)7-10(11)16-14(17)19/h2-7,18H,15H2,1H3,(H,16,19). The predicted octanol–water partition coefficient (Wildman–Crippen LogP) is 1.92. The molecule has 2 aromatic carbocycles. The lowest BCUT2D eigenvalue weighted by atomic mass is 10.2. The highest BCUT2D eigenvalue weighted by Gasteiger charge is 2.12. The first-order valence-corrected chi connectivity index (χ1v) is 5.86. The molecule has 0 aliphatic rings. The maximum absolute atomic E-state index is 12.1. The number of phenols is 1. The van der Waals surface area contributed by atoms with E-state index in [1.165, 1.54) is 4.57 Å². The van der Waals surface area contributed by atoms with Gasteiger partial charge in [-0.25, -0.2) is 4.79 Å². The number of anilines is 1. The number of H-pyrrole nitrogens is 1. The quantitative estimate of drug-likeness (QED) is 0.581. The molecule has 1 heterocycles. The summed E-state index contributed by atoms with van der Waals surface area (Å²) in [6.45, 7) is 1.90. The third-order valence-corrected chi connectivity index (χ3v) is 3.08. The van der Waals surface area contributed by atoms with Crippen LogP contribution in [0.15, 0.2) is 41.2 Å². The smallest absolute Gasteiger partial charge is 0.331 e. The van der Waals surface area contributed by atoms with Crippen molar-refractivity contribution in [2.75, 3.05) is 5.73 Å². The SMILES string of the molecule is Cc1ccc(O)c(-n2c(=O)[nH]c3cc(N)ccc32)c1. The molecule has 0 bridgehead atoms. The molecule has 0 saturated heterocycles. The fraction of sp³-hybridized carbons (Fsp3) is 0.0714. The molecular weight excluding hydrogens is 242 g/mol. The minimum absolute atomic E-state index is 0.0606. The second-order valence-corrected chi connectivity index (χ2v) is 4.53. The monoisotopic (exact) mass is 255 g/mol. The van der Waals surface area contributed by atoms with E-state index in [2.05, 4.69) is 4.98 Å². The van der Waals surface area contributed by atoms with Crippen LogP contribution < -0.4 is 11.4 Å². The summed E-state index contributed by atoms with van der Waals surface area (Å²) in [6, 6.07) is 10.3. The van der Waals surface area contributed by atoms with Gasteiger partial charge in [0.1, 0.15) is 5.75 Å². The maximum atomic E-state index is 12.1. The van der Waals surface area contributed by atoms with Crippen LogP contribution >= 0.6 is 0 Å². The van der Waals surface area contributed by atoms with Gasteiger partial charge in [0, 0.05) is 5.69 Å². The summed E-state index contributed by atoms with van der Waals surface area (Å²) >= 11 is 0. The Bertz CT molecular complexity index is 830. The number of imidazole rings is 1. The number of nitrogens with zero attached hydrogens (tertiary/aromatic N) is 1. The summed E-state index contributed by atoms with van der Waals surface area (Å²) in [6.07, 6.45) is 0. The minimum atomic E-state index is -0.304. The van der Waals surface area contributed by atoms with Crippen molar-refractivity contribution in [1.29, 1.82) is 0 Å². The second-order valence-electron chi connectivity index (χ2n) is 4.53. The van der Waals surface area contributed by atoms with Gasteiger partial charge in [-0.3, -0.25) is 4.57 Å². The van der Waals surface area contributed by atoms with Crippen LogP contribution in [0.25, 0.3) is 16.7 Å². The van der Waals surface area contributed by atoms with Gasteiger partial charge in [0.05, 0.1) is 16.7 Å². The van der Waals surface area contributed by atoms with Crippen molar-refractivity contribution in [3.63, 3.8) is 0 Å². The van der Waals surface area contributed by atoms with Crippen LogP contribution in [-0.4, -0.2) is 14.7 Å². The number of benzene rings is 2. The number of nitrogen functional groups attached to an aromatic ring is 1. The lowest BCUT2D eigenvalue weighted by Crippen LogP contribution is -2.14. The average molecular weight is 255 g/mol. The molecule has 0 amide bonds. The minimum Gasteiger partial charge on any atom is -0.506 e. The summed E-state index contributed by atoms with van der Waals surface area (Å²) < 4.78 is 1.44. The molecule has 3 rings (SSSR count). The summed E-state index contributed by atoms with van der Waals surface area (Å²) in [7, 11) is 0. The van der Waals surface area contributed by atoms with Crippen molar-refractivity contribution in [3.8, 4) is 11.4 Å². The molecule has 0 atom stereocenters. The number of aromatic hydroxyl groups is 1. The van der Waals surface area contributed by atoms with E-state index in [1.807, 2.05) is 6.92 Å². The largest absolute Gasteiger partial charge is 0.506 e. The molecule has 0 saturated carbocycles. The Kier molecular flexibility index (Phi) is 2.35. The molecule has 0 aliphatic carbocycles. The topological polar surface area (TPSA) is 84.0 Å². The normalized spacial score (nSPS) is 11.0. The van der Waals surface area contributed by atoms with Gasteiger partial charge in [0.25, 0.3) is 0 Å². The number of fused-ring (bicyclic) bond motifs is 1. The van der Waals surface area contributed by atoms with E-state index in [9.17, 15) is 9.90 Å². The van der Waals surface area contributed by atoms with Crippen LogP contribution in [0.1, 0.15) is 5.56 Å². The third kappa shape index (κ3) is 1.76. The highest BCUT2D eigenvalue weighted by atomic mass is 16.3. The fourth-order valence-electron chi connectivity index (χ4n) is 2.18. The molecule has 96 valence electrons. The fourth-order valence-corrected chi connectivity index (χ4v) is 2.18. The van der Waals surface area contributed by atoms with Gasteiger partial charge in [0.15, 0.2) is 0 Å². The molecule has 4 N–H and O–H groups in total. The lowest BCUT2D eigenvalue weighted by Gasteiger charge is -2.07. The molecule has 5 heteroatoms. The van der Waals surface area contributed by atoms with Gasteiger partial charge in [-0.05, 0) is 42.8 Å². The van der Waals surface area contributed by atoms with Crippen molar-refractivity contribution in [2.24, 2.45) is 0 Å². The Morgan fingerprint density at radius 2 is 2.00 bits per heavy atom. The van der Waals surface area contributed by atoms with Crippen LogP contribution in [0, 0.1) is 6.92 Å². The maximum Gasteiger partial charge on any atom is 0.331 e. The predicted molar refractivity (Wildman–Crippen MR) is 74.7 cm³/mol. The number of rotatable bonds is 1. The summed E-state index contributed by atoms with van der Waals surface area (Å²) in [5.74, 6) is 0.0606. The van der Waals surface area contributed by atoms with Crippen LogP contribution in [-0.2, 0) is 0 Å². The second kappa shape index (κ2) is 3.91. The highest BCUT2D eigenvalue weighted by molar-refractivity contribution is 5.81. The van der Waals surface area contributed by atoms with Crippen LogP contribution in [0.5, 0.6) is 5.75 Å². The third-order valence-electron chi connectivity index (χ3n) is 3.08. The van der Waals surface area contributed by atoms with Crippen molar-refractivity contribution >= 4 is 16.7 Å². The van der Waals surface area contributed by atoms with E-state index in [0.717, 1.165) is 5.56 Å². The summed E-state index contributed by atoms with van der Waals surface area (Å²) in [5, 5.41) is 9.95. The van der Waals surface area contributed by atoms with E-state index in [0.29, 0.717) is 22.4 Å². The number of nitrogens with two attached hydrogens (primary N) is 1. The Hall–Kier alpha value is -2.69. The number of aryl methyl sites for hydroxylation is 1. The first-order valence-electron chi connectivity index (χ1n) is 5.86. The zero-order chi connectivity index (χ0) is 13.6. The molecule has 0 aliphatic heterocycles. The molecule has 19 heavy (non-hydrogen) atoms. The molecular formula is C14H13N3O2. The van der Waals surface area contributed by atoms with E-state index in [-0.39, 0.29) is 11.4 Å². The Balaban J connectivity index is 2.39. The van der Waals surface area contributed by atoms with Gasteiger partial charge in [-0.1, -0.05) is 6.07 Å². The van der Waals surface area contributed by atoms with Crippen LogP contribution in [0.3, 0.4) is 0 Å². The van der Waals surface area contributed by atoms with Crippen molar-refractivity contribution < 1.29 is 5.11 Å². The van der Waals surface area contributed by atoms with Gasteiger partial charge in [-0.2, -0.15) is 0 Å². The zero-order valence-corrected chi connectivity index (χ0v) is 10.3. The lowest BCUT2D eigenvalue weighted by molar-refractivity contribution is 0.472. The molecule has 3 aromatic rings. The van der Waals surface area contributed by atoms with E-state index in [4.69, 9.17) is 5.73 Å². The van der Waals surface area contributed by atoms with Gasteiger partial charge in [0.2, 0.25) is 0 Å². The van der Waals surface area contributed by atoms with Crippen LogP contribution in [0.2, 0.25) is 0 Å². The number of aromatic amines is 1. The van der Waals surface area contributed by atoms with Crippen molar-refractivity contribution in [3.05, 3.63) is 52.4 Å². The Morgan fingerprint density at radius 3 is 2.79 bits per heavy atom. The number of nitrogens with one attached hydrogen (secondary N) is 1. The Morgan fingerprint density at radius 1 is 1.21 bits per heavy atom. The molecule has 0 radical (unpaired) electrons. The Labute approximate surface area is 108 Å². The average Bonchev–Trinajstić information content (AvgIpc) is 2.67. The van der Waals surface area contributed by atoms with Crippen molar-refractivity contribution in [2.45, 2.75) is 6.92 Å². The number of phenolic OH excluding ortho intramolecular Hbond substituents is 1. The first kappa shape index (κ1) is 11.4. The molecule has 1 aromatic heterocycles. The van der Waals surface area contributed by atoms with E-state index < -0.39 is 0 Å². The van der Waals surface area contributed by atoms with Gasteiger partial charge >= 0.3 is 5.69 Å². The van der Waals surface area contributed by atoms with E-state index in [1.54, 1.807) is 36.4 Å². The highest BCUT2D eigenvalue weighted by Crippen LogP contribution is 2.25. The number of hydrogen-bond acceptors (Lipinski definition) is 3. The summed E-state index contributed by atoms with van der Waals surface area (Å²) in [4.78, 5) is 14.8. The van der Waals surface area contributed by atoms with Crippen LogP contribution in [0.4, 0.5) is 5.69 Å².